The predicted molar refractivity (Wildman–Crippen MR) is 121 cm³/mol. The summed E-state index contributed by atoms with van der Waals surface area (Å²) in [6.07, 6.45) is 2.99. The van der Waals surface area contributed by atoms with Crippen molar-refractivity contribution in [3.8, 4) is 17.2 Å². The second kappa shape index (κ2) is 8.97. The number of anilines is 1. The van der Waals surface area contributed by atoms with Crippen molar-refractivity contribution in [1.82, 2.24) is 4.90 Å². The van der Waals surface area contributed by atoms with Gasteiger partial charge in [-0.05, 0) is 80.6 Å². The van der Waals surface area contributed by atoms with Crippen LogP contribution >= 0.6 is 11.6 Å². The standard InChI is InChI=1S/C24H29ClN2O4/c1-3-31-22-12-16(4-6-20(22)28)15-27-10-8-24(9-11-27)14-18(24)23(29)26-17-5-7-21(30-2)19(25)13-17/h4-7,12-13,18,28H,3,8-11,14-15H2,1-2H3,(H,26,29)/t18-/m1/s1. The number of aromatic hydroxyl groups is 1. The van der Waals surface area contributed by atoms with Crippen LogP contribution in [0.4, 0.5) is 5.69 Å². The molecule has 0 unspecified atom stereocenters. The van der Waals surface area contributed by atoms with E-state index in [-0.39, 0.29) is 23.0 Å². The van der Waals surface area contributed by atoms with Gasteiger partial charge in [0.1, 0.15) is 5.75 Å². The molecule has 4 rings (SSSR count). The summed E-state index contributed by atoms with van der Waals surface area (Å²) in [4.78, 5) is 15.2. The minimum Gasteiger partial charge on any atom is -0.504 e. The van der Waals surface area contributed by atoms with Crippen molar-refractivity contribution in [3.63, 3.8) is 0 Å². The van der Waals surface area contributed by atoms with E-state index in [9.17, 15) is 9.90 Å². The van der Waals surface area contributed by atoms with Gasteiger partial charge in [-0.1, -0.05) is 17.7 Å². The van der Waals surface area contributed by atoms with Crippen LogP contribution in [0, 0.1) is 11.3 Å². The van der Waals surface area contributed by atoms with Crippen LogP contribution in [0.5, 0.6) is 17.2 Å². The first-order valence-corrected chi connectivity index (χ1v) is 11.1. The molecule has 2 N–H and O–H groups in total. The second-order valence-electron chi connectivity index (χ2n) is 8.47. The number of nitrogens with zero attached hydrogens (tertiary/aromatic N) is 1. The lowest BCUT2D eigenvalue weighted by molar-refractivity contribution is -0.118. The summed E-state index contributed by atoms with van der Waals surface area (Å²) >= 11 is 6.17. The average Bonchev–Trinajstić information content (AvgIpc) is 3.46. The molecule has 7 heteroatoms. The zero-order chi connectivity index (χ0) is 22.0. The van der Waals surface area contributed by atoms with Crippen molar-refractivity contribution in [2.24, 2.45) is 11.3 Å². The number of halogens is 1. The largest absolute Gasteiger partial charge is 0.504 e. The van der Waals surface area contributed by atoms with Gasteiger partial charge in [0.2, 0.25) is 5.91 Å². The molecule has 0 bridgehead atoms. The van der Waals surface area contributed by atoms with E-state index in [4.69, 9.17) is 21.1 Å². The Bertz CT molecular complexity index is 957. The molecule has 1 spiro atoms. The molecule has 1 amide bonds. The first-order chi connectivity index (χ1) is 14.9. The Labute approximate surface area is 188 Å². The number of amides is 1. The van der Waals surface area contributed by atoms with Crippen LogP contribution in [0.25, 0.3) is 0 Å². The Morgan fingerprint density at radius 2 is 2.00 bits per heavy atom. The zero-order valence-electron chi connectivity index (χ0n) is 18.0. The van der Waals surface area contributed by atoms with Gasteiger partial charge in [0.25, 0.3) is 0 Å². The fourth-order valence-corrected chi connectivity index (χ4v) is 4.84. The second-order valence-corrected chi connectivity index (χ2v) is 8.88. The number of hydrogen-bond acceptors (Lipinski definition) is 5. The molecular formula is C24H29ClN2O4. The van der Waals surface area contributed by atoms with Gasteiger partial charge in [-0.25, -0.2) is 0 Å². The van der Waals surface area contributed by atoms with E-state index in [0.717, 1.165) is 44.5 Å². The number of rotatable bonds is 7. The molecule has 1 aliphatic carbocycles. The number of phenolic OH excluding ortho intramolecular Hbond substituents is 1. The fraction of sp³-hybridized carbons (Fsp3) is 0.458. The van der Waals surface area contributed by atoms with Gasteiger partial charge in [-0.15, -0.1) is 0 Å². The molecule has 1 aliphatic heterocycles. The lowest BCUT2D eigenvalue weighted by Gasteiger charge is -2.33. The van der Waals surface area contributed by atoms with Crippen LogP contribution in [0.3, 0.4) is 0 Å². The van der Waals surface area contributed by atoms with Crippen LogP contribution in [0.1, 0.15) is 31.7 Å². The highest BCUT2D eigenvalue weighted by Gasteiger charge is 2.58. The number of carbonyl (C=O) groups excluding carboxylic acids is 1. The van der Waals surface area contributed by atoms with Crippen molar-refractivity contribution in [1.29, 1.82) is 0 Å². The molecule has 2 fully saturated rings. The Kier molecular flexibility index (Phi) is 6.30. The summed E-state index contributed by atoms with van der Waals surface area (Å²) in [6, 6.07) is 10.8. The summed E-state index contributed by atoms with van der Waals surface area (Å²) in [5, 5.41) is 13.4. The molecule has 0 aromatic heterocycles. The summed E-state index contributed by atoms with van der Waals surface area (Å²) in [7, 11) is 1.57. The monoisotopic (exact) mass is 444 g/mol. The number of piperidine rings is 1. The van der Waals surface area contributed by atoms with Gasteiger partial charge >= 0.3 is 0 Å². The average molecular weight is 445 g/mol. The third-order valence-corrected chi connectivity index (χ3v) is 6.80. The van der Waals surface area contributed by atoms with Crippen LogP contribution in [0.2, 0.25) is 5.02 Å². The molecule has 2 aromatic carbocycles. The SMILES string of the molecule is CCOc1cc(CN2CCC3(CC2)C[C@@H]3C(=O)Nc2ccc(OC)c(Cl)c2)ccc1O. The van der Waals surface area contributed by atoms with E-state index >= 15 is 0 Å². The van der Waals surface area contributed by atoms with Crippen molar-refractivity contribution in [3.05, 3.63) is 47.0 Å². The highest BCUT2D eigenvalue weighted by molar-refractivity contribution is 6.32. The van der Waals surface area contributed by atoms with E-state index in [1.165, 1.54) is 0 Å². The van der Waals surface area contributed by atoms with Crippen LogP contribution < -0.4 is 14.8 Å². The topological polar surface area (TPSA) is 71.0 Å². The smallest absolute Gasteiger partial charge is 0.228 e. The highest BCUT2D eigenvalue weighted by atomic mass is 35.5. The van der Waals surface area contributed by atoms with Crippen molar-refractivity contribution < 1.29 is 19.4 Å². The van der Waals surface area contributed by atoms with Gasteiger partial charge in [0.05, 0.1) is 18.7 Å². The predicted octanol–water partition coefficient (Wildman–Crippen LogP) is 4.69. The lowest BCUT2D eigenvalue weighted by Crippen LogP contribution is -2.35. The number of nitrogens with one attached hydrogen (secondary N) is 1. The van der Waals surface area contributed by atoms with Crippen molar-refractivity contribution in [2.75, 3.05) is 32.1 Å². The summed E-state index contributed by atoms with van der Waals surface area (Å²) in [6.45, 7) is 5.17. The van der Waals surface area contributed by atoms with Gasteiger partial charge in [0.15, 0.2) is 11.5 Å². The maximum absolute atomic E-state index is 12.8. The van der Waals surface area contributed by atoms with Gasteiger partial charge in [-0.3, -0.25) is 9.69 Å². The maximum Gasteiger partial charge on any atom is 0.228 e. The van der Waals surface area contributed by atoms with E-state index in [2.05, 4.69) is 10.2 Å². The quantitative estimate of drug-likeness (QED) is 0.648. The van der Waals surface area contributed by atoms with Gasteiger partial charge in [0, 0.05) is 18.2 Å². The molecule has 2 aliphatic rings. The van der Waals surface area contributed by atoms with Crippen LogP contribution in [-0.4, -0.2) is 42.7 Å². The third-order valence-electron chi connectivity index (χ3n) is 6.51. The molecule has 1 saturated carbocycles. The summed E-state index contributed by atoms with van der Waals surface area (Å²) in [5.41, 5.74) is 1.95. The molecule has 1 heterocycles. The van der Waals surface area contributed by atoms with Crippen LogP contribution in [0.15, 0.2) is 36.4 Å². The Hall–Kier alpha value is -2.44. The zero-order valence-corrected chi connectivity index (χ0v) is 18.7. The number of carbonyl (C=O) groups is 1. The van der Waals surface area contributed by atoms with Crippen LogP contribution in [-0.2, 0) is 11.3 Å². The summed E-state index contributed by atoms with van der Waals surface area (Å²) < 4.78 is 10.7. The normalized spacial score (nSPS) is 19.8. The van der Waals surface area contributed by atoms with E-state index < -0.39 is 0 Å². The number of ether oxygens (including phenoxy) is 2. The van der Waals surface area contributed by atoms with E-state index in [1.54, 1.807) is 25.3 Å². The molecule has 2 aromatic rings. The van der Waals surface area contributed by atoms with Gasteiger partial charge < -0.3 is 19.9 Å². The number of hydrogen-bond donors (Lipinski definition) is 2. The van der Waals surface area contributed by atoms with E-state index in [0.29, 0.717) is 28.8 Å². The fourth-order valence-electron chi connectivity index (χ4n) is 4.59. The molecule has 166 valence electrons. The van der Waals surface area contributed by atoms with E-state index in [1.807, 2.05) is 25.1 Å². The number of benzene rings is 2. The number of phenols is 1. The Morgan fingerprint density at radius 1 is 1.23 bits per heavy atom. The molecule has 31 heavy (non-hydrogen) atoms. The molecular weight excluding hydrogens is 416 g/mol. The molecule has 6 nitrogen and oxygen atoms in total. The minimum absolute atomic E-state index is 0.0637. The third kappa shape index (κ3) is 4.75. The first-order valence-electron chi connectivity index (χ1n) is 10.8. The highest BCUT2D eigenvalue weighted by Crippen LogP contribution is 2.59. The number of likely N-dealkylation sites (tertiary alicyclic amines) is 1. The Morgan fingerprint density at radius 3 is 2.68 bits per heavy atom. The number of methoxy groups -OCH3 is 1. The van der Waals surface area contributed by atoms with Crippen molar-refractivity contribution >= 4 is 23.2 Å². The molecule has 0 radical (unpaired) electrons. The Balaban J connectivity index is 1.30. The van der Waals surface area contributed by atoms with Crippen molar-refractivity contribution in [2.45, 2.75) is 32.7 Å². The lowest BCUT2D eigenvalue weighted by atomic mass is 9.90. The molecule has 1 atom stereocenters. The maximum atomic E-state index is 12.8. The minimum atomic E-state index is 0.0637. The molecule has 1 saturated heterocycles. The summed E-state index contributed by atoms with van der Waals surface area (Å²) in [5.74, 6) is 1.44. The first kappa shape index (κ1) is 21.8. The van der Waals surface area contributed by atoms with Gasteiger partial charge in [-0.2, -0.15) is 0 Å².